The summed E-state index contributed by atoms with van der Waals surface area (Å²) in [5.41, 5.74) is 3.00. The van der Waals surface area contributed by atoms with Crippen LogP contribution in [0.15, 0.2) is 40.9 Å². The molecule has 0 radical (unpaired) electrons. The van der Waals surface area contributed by atoms with Gasteiger partial charge >= 0.3 is 0 Å². The molecule has 110 valence electrons. The lowest BCUT2D eigenvalue weighted by Crippen LogP contribution is -1.95. The summed E-state index contributed by atoms with van der Waals surface area (Å²) in [5.74, 6) is 2.05. The molecule has 2 nitrogen and oxygen atoms in total. The van der Waals surface area contributed by atoms with Gasteiger partial charge in [-0.3, -0.25) is 4.79 Å². The molecule has 2 rings (SSSR count). The average molecular weight is 347 g/mol. The Bertz CT molecular complexity index is 675. The van der Waals surface area contributed by atoms with Gasteiger partial charge in [-0.2, -0.15) is 0 Å². The van der Waals surface area contributed by atoms with Gasteiger partial charge in [-0.1, -0.05) is 26.0 Å². The molecule has 0 spiro atoms. The average Bonchev–Trinajstić information content (AvgIpc) is 2.42. The van der Waals surface area contributed by atoms with Gasteiger partial charge in [-0.05, 0) is 71.1 Å². The minimum atomic E-state index is 0.0419. The summed E-state index contributed by atoms with van der Waals surface area (Å²) in [6.45, 7) is 7.90. The zero-order valence-corrected chi connectivity index (χ0v) is 14.3. The molecule has 21 heavy (non-hydrogen) atoms. The molecular formula is C18H19BrO2. The van der Waals surface area contributed by atoms with Crippen LogP contribution in [0.5, 0.6) is 11.5 Å². The van der Waals surface area contributed by atoms with Crippen LogP contribution in [0.25, 0.3) is 0 Å². The molecule has 0 amide bonds. The summed E-state index contributed by atoms with van der Waals surface area (Å²) >= 11 is 3.47. The van der Waals surface area contributed by atoms with E-state index in [-0.39, 0.29) is 5.78 Å². The first-order chi connectivity index (χ1) is 9.88. The Labute approximate surface area is 134 Å². The first-order valence-electron chi connectivity index (χ1n) is 6.97. The molecule has 0 aliphatic carbocycles. The zero-order chi connectivity index (χ0) is 15.6. The summed E-state index contributed by atoms with van der Waals surface area (Å²) in [4.78, 5) is 11.4. The molecular weight excluding hydrogens is 328 g/mol. The second-order valence-electron chi connectivity index (χ2n) is 5.48. The number of ketones is 1. The number of halogens is 1. The molecule has 0 N–H and O–H groups in total. The Balaban J connectivity index is 2.34. The minimum Gasteiger partial charge on any atom is -0.456 e. The van der Waals surface area contributed by atoms with E-state index in [1.54, 1.807) is 19.1 Å². The van der Waals surface area contributed by atoms with E-state index in [9.17, 15) is 4.79 Å². The molecule has 3 heteroatoms. The van der Waals surface area contributed by atoms with E-state index in [0.29, 0.717) is 17.2 Å². The molecule has 0 aliphatic heterocycles. The van der Waals surface area contributed by atoms with Gasteiger partial charge < -0.3 is 4.74 Å². The maximum atomic E-state index is 11.4. The second kappa shape index (κ2) is 6.44. The fraction of sp³-hybridized carbons (Fsp3) is 0.278. The molecule has 0 aromatic heterocycles. The summed E-state index contributed by atoms with van der Waals surface area (Å²) in [5, 5.41) is 0. The Morgan fingerprint density at radius 1 is 1.10 bits per heavy atom. The normalized spacial score (nSPS) is 10.8. The van der Waals surface area contributed by atoms with E-state index in [0.717, 1.165) is 15.8 Å². The van der Waals surface area contributed by atoms with Crippen LogP contribution in [0.1, 0.15) is 48.2 Å². The number of ether oxygens (including phenoxy) is 1. The Morgan fingerprint density at radius 2 is 1.81 bits per heavy atom. The third-order valence-electron chi connectivity index (χ3n) is 3.44. The van der Waals surface area contributed by atoms with Crippen molar-refractivity contribution in [1.29, 1.82) is 0 Å². The highest BCUT2D eigenvalue weighted by Crippen LogP contribution is 2.33. The smallest absolute Gasteiger partial charge is 0.159 e. The van der Waals surface area contributed by atoms with Crippen molar-refractivity contribution in [3.05, 3.63) is 57.6 Å². The van der Waals surface area contributed by atoms with Crippen LogP contribution >= 0.6 is 15.9 Å². The molecule has 2 aromatic carbocycles. The highest BCUT2D eigenvalue weighted by atomic mass is 79.9. The first-order valence-corrected chi connectivity index (χ1v) is 7.76. The van der Waals surface area contributed by atoms with Crippen LogP contribution in [-0.4, -0.2) is 5.78 Å². The summed E-state index contributed by atoms with van der Waals surface area (Å²) in [7, 11) is 0. The van der Waals surface area contributed by atoms with Gasteiger partial charge in [0.1, 0.15) is 11.5 Å². The number of carbonyl (C=O) groups excluding carboxylic acids is 1. The summed E-state index contributed by atoms with van der Waals surface area (Å²) in [6.07, 6.45) is 0. The largest absolute Gasteiger partial charge is 0.456 e. The van der Waals surface area contributed by atoms with Crippen LogP contribution in [0.4, 0.5) is 0 Å². The van der Waals surface area contributed by atoms with E-state index >= 15 is 0 Å². The van der Waals surface area contributed by atoms with E-state index in [1.165, 1.54) is 5.56 Å². The van der Waals surface area contributed by atoms with E-state index in [1.807, 2.05) is 13.0 Å². The maximum absolute atomic E-state index is 11.4. The lowest BCUT2D eigenvalue weighted by atomic mass is 10.0. The van der Waals surface area contributed by atoms with Crippen molar-refractivity contribution < 1.29 is 9.53 Å². The Hall–Kier alpha value is -1.61. The van der Waals surface area contributed by atoms with Crippen molar-refractivity contribution in [3.8, 4) is 11.5 Å². The van der Waals surface area contributed by atoms with Crippen LogP contribution in [0.2, 0.25) is 0 Å². The monoisotopic (exact) mass is 346 g/mol. The van der Waals surface area contributed by atoms with Crippen molar-refractivity contribution in [2.24, 2.45) is 0 Å². The number of hydrogen-bond acceptors (Lipinski definition) is 2. The van der Waals surface area contributed by atoms with Gasteiger partial charge in [0.15, 0.2) is 5.78 Å². The number of rotatable bonds is 4. The predicted octanol–water partition coefficient (Wildman–Crippen LogP) is 5.88. The first kappa shape index (κ1) is 15.8. The van der Waals surface area contributed by atoms with Crippen molar-refractivity contribution in [2.75, 3.05) is 0 Å². The fourth-order valence-electron chi connectivity index (χ4n) is 2.01. The molecule has 0 heterocycles. The van der Waals surface area contributed by atoms with E-state index in [2.05, 4.69) is 48.0 Å². The minimum absolute atomic E-state index is 0.0419. The topological polar surface area (TPSA) is 26.3 Å². The van der Waals surface area contributed by atoms with Gasteiger partial charge in [0.05, 0.1) is 4.47 Å². The van der Waals surface area contributed by atoms with Crippen LogP contribution in [0, 0.1) is 6.92 Å². The third-order valence-corrected chi connectivity index (χ3v) is 4.06. The van der Waals surface area contributed by atoms with Crippen LogP contribution in [-0.2, 0) is 0 Å². The number of Topliss-reactive ketones (excluding diaryl/α,β-unsaturated/α-hetero) is 1. The van der Waals surface area contributed by atoms with Crippen molar-refractivity contribution in [1.82, 2.24) is 0 Å². The molecule has 0 unspecified atom stereocenters. The van der Waals surface area contributed by atoms with Gasteiger partial charge in [-0.15, -0.1) is 0 Å². The molecule has 0 fully saturated rings. The van der Waals surface area contributed by atoms with Gasteiger partial charge in [0.25, 0.3) is 0 Å². The Kier molecular flexibility index (Phi) is 4.84. The van der Waals surface area contributed by atoms with Crippen molar-refractivity contribution in [3.63, 3.8) is 0 Å². The number of carbonyl (C=O) groups is 1. The predicted molar refractivity (Wildman–Crippen MR) is 89.5 cm³/mol. The SMILES string of the molecule is CC(=O)c1ccc(Oc2cc(C(C)C)ccc2C)c(Br)c1. The third kappa shape index (κ3) is 3.73. The Morgan fingerprint density at radius 3 is 2.38 bits per heavy atom. The lowest BCUT2D eigenvalue weighted by Gasteiger charge is -2.14. The lowest BCUT2D eigenvalue weighted by molar-refractivity contribution is 0.101. The van der Waals surface area contributed by atoms with E-state index < -0.39 is 0 Å². The number of benzene rings is 2. The molecule has 2 aromatic rings. The molecule has 0 saturated carbocycles. The van der Waals surface area contributed by atoms with Crippen LogP contribution in [0.3, 0.4) is 0 Å². The fourth-order valence-corrected chi connectivity index (χ4v) is 2.47. The zero-order valence-electron chi connectivity index (χ0n) is 12.7. The maximum Gasteiger partial charge on any atom is 0.159 e. The number of hydrogen-bond donors (Lipinski definition) is 0. The second-order valence-corrected chi connectivity index (χ2v) is 6.34. The van der Waals surface area contributed by atoms with Crippen LogP contribution < -0.4 is 4.74 Å². The van der Waals surface area contributed by atoms with Crippen molar-refractivity contribution >= 4 is 21.7 Å². The van der Waals surface area contributed by atoms with Gasteiger partial charge in [0, 0.05) is 5.56 Å². The molecule has 0 bridgehead atoms. The molecule has 0 saturated heterocycles. The van der Waals surface area contributed by atoms with Gasteiger partial charge in [0.2, 0.25) is 0 Å². The van der Waals surface area contributed by atoms with E-state index in [4.69, 9.17) is 4.74 Å². The highest BCUT2D eigenvalue weighted by Gasteiger charge is 2.10. The van der Waals surface area contributed by atoms with Crippen molar-refractivity contribution in [2.45, 2.75) is 33.6 Å². The summed E-state index contributed by atoms with van der Waals surface area (Å²) in [6, 6.07) is 11.7. The summed E-state index contributed by atoms with van der Waals surface area (Å²) < 4.78 is 6.79. The standard InChI is InChI=1S/C18H19BrO2/c1-11(2)14-6-5-12(3)18(10-14)21-17-8-7-15(13(4)20)9-16(17)19/h5-11H,1-4H3. The number of aryl methyl sites for hydroxylation is 1. The van der Waals surface area contributed by atoms with Gasteiger partial charge in [-0.25, -0.2) is 0 Å². The molecule has 0 aliphatic rings. The quantitative estimate of drug-likeness (QED) is 0.646. The highest BCUT2D eigenvalue weighted by molar-refractivity contribution is 9.10. The molecule has 0 atom stereocenters.